The number of carbonyl (C=O) groups is 4. The van der Waals surface area contributed by atoms with Crippen molar-refractivity contribution in [2.45, 2.75) is 44.6 Å². The van der Waals surface area contributed by atoms with Crippen LogP contribution in [0, 0.1) is 11.3 Å². The van der Waals surface area contributed by atoms with Gasteiger partial charge in [0.05, 0.1) is 43.7 Å². The highest BCUT2D eigenvalue weighted by Gasteiger charge is 2.46. The number of esters is 1. The van der Waals surface area contributed by atoms with Gasteiger partial charge in [0.25, 0.3) is 5.91 Å². The lowest BCUT2D eigenvalue weighted by atomic mass is 10.0. The van der Waals surface area contributed by atoms with E-state index in [-0.39, 0.29) is 19.5 Å². The van der Waals surface area contributed by atoms with Crippen molar-refractivity contribution in [1.29, 1.82) is 5.26 Å². The summed E-state index contributed by atoms with van der Waals surface area (Å²) in [5.74, 6) is -0.984. The molecule has 4 amide bonds. The zero-order valence-electron chi connectivity index (χ0n) is 25.6. The molecule has 46 heavy (non-hydrogen) atoms. The molecule has 2 unspecified atom stereocenters. The number of ether oxygens (including phenoxy) is 1. The van der Waals surface area contributed by atoms with Gasteiger partial charge in [0.2, 0.25) is 5.91 Å². The largest absolute Gasteiger partial charge is 0.467 e. The van der Waals surface area contributed by atoms with Crippen LogP contribution in [0.1, 0.15) is 35.2 Å². The molecule has 0 spiro atoms. The highest BCUT2D eigenvalue weighted by Crippen LogP contribution is 2.28. The lowest BCUT2D eigenvalue weighted by molar-refractivity contribution is -0.145. The normalized spacial score (nSPS) is 15.2. The Kier molecular flexibility index (Phi) is 10.3. The van der Waals surface area contributed by atoms with E-state index in [0.29, 0.717) is 30.0 Å². The smallest absolute Gasteiger partial charge is 0.328 e. The van der Waals surface area contributed by atoms with E-state index in [1.807, 2.05) is 65.4 Å². The molecule has 1 saturated heterocycles. The first-order valence-corrected chi connectivity index (χ1v) is 16.1. The van der Waals surface area contributed by atoms with E-state index in [2.05, 4.69) is 16.4 Å². The fourth-order valence-corrected chi connectivity index (χ4v) is 6.02. The van der Waals surface area contributed by atoms with Crippen molar-refractivity contribution >= 4 is 46.3 Å². The molecule has 3 aromatic carbocycles. The number of methoxy groups -OCH3 is 1. The fraction of sp³-hybridized carbons (Fsp3) is 0.294. The lowest BCUT2D eigenvalue weighted by Gasteiger charge is -2.23. The summed E-state index contributed by atoms with van der Waals surface area (Å²) >= 11 is 1.53. The molecule has 11 nitrogen and oxygen atoms in total. The fourth-order valence-electron chi connectivity index (χ4n) is 5.55. The Hall–Kier alpha value is -5.15. The predicted octanol–water partition coefficient (Wildman–Crippen LogP) is 4.09. The quantitative estimate of drug-likeness (QED) is 0.171. The second-order valence-corrected chi connectivity index (χ2v) is 11.9. The molecule has 1 aliphatic heterocycles. The van der Waals surface area contributed by atoms with E-state index in [1.54, 1.807) is 24.7 Å². The Morgan fingerprint density at radius 3 is 2.54 bits per heavy atom. The van der Waals surface area contributed by atoms with Gasteiger partial charge in [0.15, 0.2) is 0 Å². The first kappa shape index (κ1) is 32.2. The number of carbonyl (C=O) groups excluding carboxylic acids is 4. The summed E-state index contributed by atoms with van der Waals surface area (Å²) in [7, 11) is 1.26. The molecule has 12 heteroatoms. The second kappa shape index (κ2) is 14.8. The van der Waals surface area contributed by atoms with Gasteiger partial charge in [-0.25, -0.2) is 14.6 Å². The summed E-state index contributed by atoms with van der Waals surface area (Å²) in [5, 5.41) is 13.8. The molecule has 2 heterocycles. The van der Waals surface area contributed by atoms with Crippen molar-refractivity contribution in [1.82, 2.24) is 24.7 Å². The molecule has 1 N–H and O–H groups in total. The van der Waals surface area contributed by atoms with Gasteiger partial charge in [-0.05, 0) is 52.5 Å². The number of imide groups is 1. The van der Waals surface area contributed by atoms with E-state index in [4.69, 9.17) is 10.00 Å². The van der Waals surface area contributed by atoms with Crippen LogP contribution in [0.3, 0.4) is 0 Å². The number of fused-ring (bicyclic) bond motifs is 1. The van der Waals surface area contributed by atoms with Gasteiger partial charge in [-0.1, -0.05) is 54.6 Å². The number of rotatable bonds is 13. The minimum Gasteiger partial charge on any atom is -0.467 e. The SMILES string of the molecule is COC(=O)C(CCSC)NC(=O)CC1C(=O)N(Cc2cncn2Cc2ccc(C#N)cc2)C(=O)N1Cc1cccc2ccccc12. The van der Waals surface area contributed by atoms with Crippen LogP contribution in [0.5, 0.6) is 0 Å². The van der Waals surface area contributed by atoms with Gasteiger partial charge in [0.1, 0.15) is 12.1 Å². The summed E-state index contributed by atoms with van der Waals surface area (Å²) in [4.78, 5) is 60.5. The maximum Gasteiger partial charge on any atom is 0.328 e. The van der Waals surface area contributed by atoms with Crippen LogP contribution >= 0.6 is 11.8 Å². The number of amides is 4. The number of thioether (sulfide) groups is 1. The molecule has 0 saturated carbocycles. The third-order valence-corrected chi connectivity index (χ3v) is 8.63. The molecule has 0 aliphatic carbocycles. The highest BCUT2D eigenvalue weighted by atomic mass is 32.2. The molecular weight excluding hydrogens is 604 g/mol. The molecule has 4 aromatic rings. The zero-order chi connectivity index (χ0) is 32.6. The zero-order valence-corrected chi connectivity index (χ0v) is 26.4. The van der Waals surface area contributed by atoms with Crippen LogP contribution < -0.4 is 5.32 Å². The van der Waals surface area contributed by atoms with E-state index >= 15 is 0 Å². The Bertz CT molecular complexity index is 1780. The minimum absolute atomic E-state index is 0.0450. The van der Waals surface area contributed by atoms with Gasteiger partial charge < -0.3 is 19.5 Å². The molecule has 5 rings (SSSR count). The van der Waals surface area contributed by atoms with Crippen molar-refractivity contribution < 1.29 is 23.9 Å². The molecular formula is C34H34N6O5S. The monoisotopic (exact) mass is 638 g/mol. The van der Waals surface area contributed by atoms with Crippen LogP contribution in [-0.2, 0) is 38.8 Å². The summed E-state index contributed by atoms with van der Waals surface area (Å²) < 4.78 is 6.71. The summed E-state index contributed by atoms with van der Waals surface area (Å²) in [6.07, 6.45) is 5.18. The number of nitrogens with one attached hydrogen (secondary N) is 1. The maximum absolute atomic E-state index is 14.0. The highest BCUT2D eigenvalue weighted by molar-refractivity contribution is 7.98. The van der Waals surface area contributed by atoms with Crippen LogP contribution in [0.2, 0.25) is 0 Å². The average Bonchev–Trinajstić information content (AvgIpc) is 3.60. The number of hydrogen-bond acceptors (Lipinski definition) is 8. The minimum atomic E-state index is -1.08. The number of benzene rings is 3. The first-order chi connectivity index (χ1) is 22.3. The average molecular weight is 639 g/mol. The second-order valence-electron chi connectivity index (χ2n) is 10.9. The molecule has 1 aliphatic rings. The van der Waals surface area contributed by atoms with Gasteiger partial charge in [-0.15, -0.1) is 0 Å². The molecule has 2 atom stereocenters. The maximum atomic E-state index is 14.0. The van der Waals surface area contributed by atoms with Crippen molar-refractivity contribution in [3.63, 3.8) is 0 Å². The molecule has 1 aromatic heterocycles. The van der Waals surface area contributed by atoms with Crippen molar-refractivity contribution in [2.24, 2.45) is 0 Å². The Labute approximate surface area is 271 Å². The number of imidazole rings is 1. The third kappa shape index (κ3) is 7.21. The van der Waals surface area contributed by atoms with Gasteiger partial charge in [-0.3, -0.25) is 14.5 Å². The number of nitriles is 1. The van der Waals surface area contributed by atoms with Crippen LogP contribution in [0.25, 0.3) is 10.8 Å². The Morgan fingerprint density at radius 2 is 1.80 bits per heavy atom. The molecule has 0 bridgehead atoms. The summed E-state index contributed by atoms with van der Waals surface area (Å²) in [5.41, 5.74) is 2.94. The molecule has 0 radical (unpaired) electrons. The molecule has 1 fully saturated rings. The summed E-state index contributed by atoms with van der Waals surface area (Å²) in [6, 6.07) is 20.3. The number of urea groups is 1. The third-order valence-electron chi connectivity index (χ3n) is 7.99. The van der Waals surface area contributed by atoms with Crippen LogP contribution in [-0.4, -0.2) is 74.4 Å². The van der Waals surface area contributed by atoms with Crippen molar-refractivity contribution in [3.05, 3.63) is 102 Å². The number of nitrogens with zero attached hydrogens (tertiary/aromatic N) is 5. The van der Waals surface area contributed by atoms with Gasteiger partial charge in [0, 0.05) is 19.3 Å². The van der Waals surface area contributed by atoms with E-state index in [9.17, 15) is 19.2 Å². The van der Waals surface area contributed by atoms with E-state index in [1.165, 1.54) is 23.8 Å². The van der Waals surface area contributed by atoms with Crippen LogP contribution in [0.15, 0.2) is 79.3 Å². The van der Waals surface area contributed by atoms with Gasteiger partial charge in [-0.2, -0.15) is 17.0 Å². The van der Waals surface area contributed by atoms with E-state index in [0.717, 1.165) is 26.8 Å². The van der Waals surface area contributed by atoms with Crippen molar-refractivity contribution in [2.75, 3.05) is 19.1 Å². The topological polar surface area (TPSA) is 138 Å². The summed E-state index contributed by atoms with van der Waals surface area (Å²) in [6.45, 7) is 0.488. The number of aromatic nitrogens is 2. The first-order valence-electron chi connectivity index (χ1n) is 14.8. The lowest BCUT2D eigenvalue weighted by Crippen LogP contribution is -2.45. The van der Waals surface area contributed by atoms with Crippen LogP contribution in [0.4, 0.5) is 4.79 Å². The predicted molar refractivity (Wildman–Crippen MR) is 173 cm³/mol. The number of hydrogen-bond donors (Lipinski definition) is 1. The Morgan fingerprint density at radius 1 is 1.04 bits per heavy atom. The Balaban J connectivity index is 1.40. The van der Waals surface area contributed by atoms with E-state index < -0.39 is 35.9 Å². The van der Waals surface area contributed by atoms with Gasteiger partial charge >= 0.3 is 12.0 Å². The van der Waals surface area contributed by atoms with Crippen molar-refractivity contribution in [3.8, 4) is 6.07 Å². The standard InChI is InChI=1S/C34H34N6O5S/c1-45-33(43)29(14-15-46-2)37-31(41)16-30-32(42)40(21-27-18-36-22-38(27)19-24-12-10-23(17-35)11-13-24)34(44)39(30)20-26-8-5-7-25-6-3-4-9-28(25)26/h3-13,18,22,29-30H,14-16,19-21H2,1-2H3,(H,37,41). The molecule has 236 valence electrons.